The Kier molecular flexibility index (Phi) is 5.34. The molecule has 0 unspecified atom stereocenters. The number of carbonyl (C=O) groups is 1. The Balaban J connectivity index is 1.81. The highest BCUT2D eigenvalue weighted by molar-refractivity contribution is 7.89. The number of ether oxygens (including phenoxy) is 2. The standard InChI is InChI=1S/C18H18N4O5S/c1-26-14-6-4-13(5-7-14)22-10-9-15(21-22)18(23)20-12-3-8-16(27-2)17(11-12)28(19,24)25/h3-11H,1-2H3,(H,20,23)(H2,19,24,25). The molecule has 0 radical (unpaired) electrons. The van der Waals surface area contributed by atoms with Gasteiger partial charge >= 0.3 is 0 Å². The lowest BCUT2D eigenvalue weighted by atomic mass is 10.3. The van der Waals surface area contributed by atoms with Gasteiger partial charge < -0.3 is 14.8 Å². The number of rotatable bonds is 6. The first-order chi connectivity index (χ1) is 13.3. The first-order valence-corrected chi connectivity index (χ1v) is 9.59. The predicted octanol–water partition coefficient (Wildman–Crippen LogP) is 1.79. The third-order valence-electron chi connectivity index (χ3n) is 3.89. The van der Waals surface area contributed by atoms with Gasteiger partial charge in [0.2, 0.25) is 10.0 Å². The third-order valence-corrected chi connectivity index (χ3v) is 4.82. The van der Waals surface area contributed by atoms with Crippen molar-refractivity contribution in [2.45, 2.75) is 4.90 Å². The quantitative estimate of drug-likeness (QED) is 0.647. The van der Waals surface area contributed by atoms with E-state index in [4.69, 9.17) is 14.6 Å². The van der Waals surface area contributed by atoms with Gasteiger partial charge in [-0.1, -0.05) is 0 Å². The van der Waals surface area contributed by atoms with Gasteiger partial charge in [-0.05, 0) is 48.5 Å². The summed E-state index contributed by atoms with van der Waals surface area (Å²) < 4.78 is 35.0. The van der Waals surface area contributed by atoms with Crippen LogP contribution in [0.25, 0.3) is 5.69 Å². The van der Waals surface area contributed by atoms with E-state index in [0.29, 0.717) is 5.75 Å². The van der Waals surface area contributed by atoms with Crippen molar-refractivity contribution in [3.8, 4) is 17.2 Å². The average Bonchev–Trinajstić information content (AvgIpc) is 3.17. The highest BCUT2D eigenvalue weighted by Gasteiger charge is 2.17. The van der Waals surface area contributed by atoms with Gasteiger partial charge in [0.25, 0.3) is 5.91 Å². The summed E-state index contributed by atoms with van der Waals surface area (Å²) in [7, 11) is -1.11. The minimum Gasteiger partial charge on any atom is -0.497 e. The summed E-state index contributed by atoms with van der Waals surface area (Å²) in [6.07, 6.45) is 1.64. The summed E-state index contributed by atoms with van der Waals surface area (Å²) >= 11 is 0. The molecule has 3 rings (SSSR count). The number of carbonyl (C=O) groups excluding carboxylic acids is 1. The van der Waals surface area contributed by atoms with E-state index in [9.17, 15) is 13.2 Å². The lowest BCUT2D eigenvalue weighted by Crippen LogP contribution is -2.16. The Hall–Kier alpha value is -3.37. The number of anilines is 1. The average molecular weight is 402 g/mol. The van der Waals surface area contributed by atoms with E-state index < -0.39 is 15.9 Å². The molecular weight excluding hydrogens is 384 g/mol. The Morgan fingerprint density at radius 1 is 1.07 bits per heavy atom. The van der Waals surface area contributed by atoms with Crippen LogP contribution in [0.15, 0.2) is 59.6 Å². The van der Waals surface area contributed by atoms with Crippen LogP contribution in [-0.2, 0) is 10.0 Å². The number of nitrogens with one attached hydrogen (secondary N) is 1. The summed E-state index contributed by atoms with van der Waals surface area (Å²) in [4.78, 5) is 12.2. The van der Waals surface area contributed by atoms with Crippen LogP contribution in [0.5, 0.6) is 11.5 Å². The summed E-state index contributed by atoms with van der Waals surface area (Å²) in [5, 5.41) is 12.0. The number of nitrogens with two attached hydrogens (primary N) is 1. The fourth-order valence-corrected chi connectivity index (χ4v) is 3.22. The van der Waals surface area contributed by atoms with Crippen molar-refractivity contribution < 1.29 is 22.7 Å². The van der Waals surface area contributed by atoms with Crippen LogP contribution in [0.1, 0.15) is 10.5 Å². The van der Waals surface area contributed by atoms with Crippen LogP contribution in [0.2, 0.25) is 0 Å². The number of primary sulfonamides is 1. The van der Waals surface area contributed by atoms with Crippen molar-refractivity contribution in [2.24, 2.45) is 5.14 Å². The Bertz CT molecular complexity index is 1110. The van der Waals surface area contributed by atoms with Gasteiger partial charge in [0.1, 0.15) is 16.4 Å². The fraction of sp³-hybridized carbons (Fsp3) is 0.111. The third kappa shape index (κ3) is 4.13. The van der Waals surface area contributed by atoms with Crippen LogP contribution >= 0.6 is 0 Å². The van der Waals surface area contributed by atoms with Gasteiger partial charge in [-0.3, -0.25) is 4.79 Å². The molecule has 0 saturated heterocycles. The number of sulfonamides is 1. The lowest BCUT2D eigenvalue weighted by molar-refractivity contribution is 0.102. The fourth-order valence-electron chi connectivity index (χ4n) is 2.50. The SMILES string of the molecule is COc1ccc(-n2ccc(C(=O)Nc3ccc(OC)c(S(N)(=O)=O)c3)n2)cc1. The number of methoxy groups -OCH3 is 2. The zero-order valence-electron chi connectivity index (χ0n) is 15.1. The molecule has 10 heteroatoms. The second kappa shape index (κ2) is 7.71. The zero-order chi connectivity index (χ0) is 20.3. The maximum Gasteiger partial charge on any atom is 0.276 e. The van der Waals surface area contributed by atoms with Crippen LogP contribution in [-0.4, -0.2) is 38.3 Å². The number of nitrogens with zero attached hydrogens (tertiary/aromatic N) is 2. The van der Waals surface area contributed by atoms with Crippen molar-refractivity contribution in [3.05, 3.63) is 60.4 Å². The second-order valence-electron chi connectivity index (χ2n) is 5.71. The molecule has 0 fully saturated rings. The summed E-state index contributed by atoms with van der Waals surface area (Å²) in [6, 6.07) is 12.9. The number of hydrogen-bond donors (Lipinski definition) is 2. The monoisotopic (exact) mass is 402 g/mol. The molecule has 1 amide bonds. The Labute approximate surface area is 161 Å². The molecule has 0 aliphatic heterocycles. The van der Waals surface area contributed by atoms with Gasteiger partial charge in [0.15, 0.2) is 5.69 Å². The minimum atomic E-state index is -4.01. The van der Waals surface area contributed by atoms with E-state index in [0.717, 1.165) is 5.69 Å². The van der Waals surface area contributed by atoms with Crippen molar-refractivity contribution in [1.29, 1.82) is 0 Å². The molecule has 0 bridgehead atoms. The van der Waals surface area contributed by atoms with E-state index in [1.165, 1.54) is 30.0 Å². The summed E-state index contributed by atoms with van der Waals surface area (Å²) in [5.74, 6) is 0.293. The van der Waals surface area contributed by atoms with Crippen LogP contribution in [0.3, 0.4) is 0 Å². The molecule has 1 aromatic heterocycles. The smallest absolute Gasteiger partial charge is 0.276 e. The molecule has 0 aliphatic carbocycles. The van der Waals surface area contributed by atoms with E-state index in [1.807, 2.05) is 0 Å². The predicted molar refractivity (Wildman–Crippen MR) is 102 cm³/mol. The first kappa shape index (κ1) is 19.4. The molecule has 2 aromatic carbocycles. The minimum absolute atomic E-state index is 0.0873. The molecule has 28 heavy (non-hydrogen) atoms. The van der Waals surface area contributed by atoms with E-state index >= 15 is 0 Å². The van der Waals surface area contributed by atoms with Crippen molar-refractivity contribution >= 4 is 21.6 Å². The molecule has 3 N–H and O–H groups in total. The van der Waals surface area contributed by atoms with Gasteiger partial charge in [-0.15, -0.1) is 0 Å². The van der Waals surface area contributed by atoms with Gasteiger partial charge in [-0.25, -0.2) is 18.2 Å². The molecule has 0 spiro atoms. The molecule has 3 aromatic rings. The lowest BCUT2D eigenvalue weighted by Gasteiger charge is -2.09. The van der Waals surface area contributed by atoms with E-state index in [-0.39, 0.29) is 22.0 Å². The number of benzene rings is 2. The highest BCUT2D eigenvalue weighted by atomic mass is 32.2. The Morgan fingerprint density at radius 3 is 2.39 bits per heavy atom. The van der Waals surface area contributed by atoms with E-state index in [1.54, 1.807) is 43.6 Å². The van der Waals surface area contributed by atoms with Crippen molar-refractivity contribution in [2.75, 3.05) is 19.5 Å². The molecule has 0 aliphatic rings. The molecule has 0 atom stereocenters. The van der Waals surface area contributed by atoms with E-state index in [2.05, 4.69) is 10.4 Å². The van der Waals surface area contributed by atoms with Crippen LogP contribution < -0.4 is 19.9 Å². The molecule has 9 nitrogen and oxygen atoms in total. The summed E-state index contributed by atoms with van der Waals surface area (Å²) in [5.41, 5.74) is 1.15. The van der Waals surface area contributed by atoms with Gasteiger partial charge in [0, 0.05) is 11.9 Å². The summed E-state index contributed by atoms with van der Waals surface area (Å²) in [6.45, 7) is 0. The highest BCUT2D eigenvalue weighted by Crippen LogP contribution is 2.26. The van der Waals surface area contributed by atoms with Gasteiger partial charge in [0.05, 0.1) is 19.9 Å². The maximum atomic E-state index is 12.5. The second-order valence-corrected chi connectivity index (χ2v) is 7.24. The molecule has 1 heterocycles. The maximum absolute atomic E-state index is 12.5. The normalized spacial score (nSPS) is 11.1. The van der Waals surface area contributed by atoms with Crippen LogP contribution in [0, 0.1) is 0 Å². The number of amides is 1. The van der Waals surface area contributed by atoms with Gasteiger partial charge in [-0.2, -0.15) is 5.10 Å². The first-order valence-electron chi connectivity index (χ1n) is 8.04. The largest absolute Gasteiger partial charge is 0.497 e. The number of aromatic nitrogens is 2. The molecule has 0 saturated carbocycles. The Morgan fingerprint density at radius 2 is 1.79 bits per heavy atom. The molecular formula is C18H18N4O5S. The molecule has 146 valence electrons. The van der Waals surface area contributed by atoms with Crippen molar-refractivity contribution in [1.82, 2.24) is 9.78 Å². The zero-order valence-corrected chi connectivity index (χ0v) is 15.9. The van der Waals surface area contributed by atoms with Crippen molar-refractivity contribution in [3.63, 3.8) is 0 Å². The number of hydrogen-bond acceptors (Lipinski definition) is 6. The topological polar surface area (TPSA) is 126 Å². The van der Waals surface area contributed by atoms with Crippen LogP contribution in [0.4, 0.5) is 5.69 Å².